The third-order valence-electron chi connectivity index (χ3n) is 2.23. The van der Waals surface area contributed by atoms with Crippen LogP contribution in [0.4, 0.5) is 10.1 Å². The summed E-state index contributed by atoms with van der Waals surface area (Å²) in [6.07, 6.45) is 1.88. The Labute approximate surface area is 88.4 Å². The molecule has 0 fully saturated rings. The van der Waals surface area contributed by atoms with E-state index < -0.39 is 5.82 Å². The van der Waals surface area contributed by atoms with Crippen LogP contribution in [-0.4, -0.2) is 6.72 Å². The van der Waals surface area contributed by atoms with Gasteiger partial charge in [-0.3, -0.25) is 4.99 Å². The molecule has 0 saturated heterocycles. The third-order valence-corrected chi connectivity index (χ3v) is 2.23. The summed E-state index contributed by atoms with van der Waals surface area (Å²) in [5, 5.41) is 8.71. The number of halogens is 1. The molecule has 0 aliphatic carbocycles. The summed E-state index contributed by atoms with van der Waals surface area (Å²) in [5.41, 5.74) is 2.17. The molecule has 2 nitrogen and oxygen atoms in total. The summed E-state index contributed by atoms with van der Waals surface area (Å²) in [6, 6.07) is 4.53. The normalized spacial score (nSPS) is 10.9. The van der Waals surface area contributed by atoms with Gasteiger partial charge < -0.3 is 0 Å². The minimum Gasteiger partial charge on any atom is -0.264 e. The van der Waals surface area contributed by atoms with Gasteiger partial charge in [-0.15, -0.1) is 0 Å². The first kappa shape index (κ1) is 11.1. The molecule has 1 aromatic rings. The Morgan fingerprint density at radius 3 is 2.73 bits per heavy atom. The lowest BCUT2D eigenvalue weighted by Gasteiger charge is -2.06. The lowest BCUT2D eigenvalue weighted by molar-refractivity contribution is 0.624. The van der Waals surface area contributed by atoms with Crippen molar-refractivity contribution in [2.24, 2.45) is 4.99 Å². The van der Waals surface area contributed by atoms with Gasteiger partial charge in [-0.05, 0) is 32.2 Å². The van der Waals surface area contributed by atoms with Gasteiger partial charge in [0.25, 0.3) is 0 Å². The maximum atomic E-state index is 13.3. The van der Waals surface area contributed by atoms with Crippen LogP contribution in [0, 0.1) is 17.1 Å². The highest BCUT2D eigenvalue weighted by molar-refractivity contribution is 5.75. The molecule has 1 aromatic carbocycles. The smallest absolute Gasteiger partial charge is 0.143 e. The van der Waals surface area contributed by atoms with Crippen molar-refractivity contribution in [1.29, 1.82) is 5.26 Å². The van der Waals surface area contributed by atoms with E-state index in [0.717, 1.165) is 11.1 Å². The minimum atomic E-state index is -0.562. The largest absolute Gasteiger partial charge is 0.264 e. The van der Waals surface area contributed by atoms with Crippen molar-refractivity contribution in [3.8, 4) is 6.07 Å². The van der Waals surface area contributed by atoms with Gasteiger partial charge in [0.1, 0.15) is 11.9 Å². The highest BCUT2D eigenvalue weighted by atomic mass is 19.1. The Morgan fingerprint density at radius 1 is 1.60 bits per heavy atom. The number of allylic oxidation sites excluding steroid dienone is 2. The molecule has 0 amide bonds. The number of hydrogen-bond acceptors (Lipinski definition) is 2. The summed E-state index contributed by atoms with van der Waals surface area (Å²) in [7, 11) is 0. The molecule has 0 bridgehead atoms. The SMILES string of the molecule is C=Nc1cc(F)c(C#N)cc1/C(C)=C\C. The summed E-state index contributed by atoms with van der Waals surface area (Å²) >= 11 is 0. The predicted molar refractivity (Wildman–Crippen MR) is 59.6 cm³/mol. The number of aliphatic imine (C=N–C) groups is 1. The lowest BCUT2D eigenvalue weighted by atomic mass is 10.0. The Hall–Kier alpha value is -1.95. The van der Waals surface area contributed by atoms with E-state index in [-0.39, 0.29) is 5.56 Å². The first-order valence-electron chi connectivity index (χ1n) is 4.47. The van der Waals surface area contributed by atoms with Crippen LogP contribution in [0.15, 0.2) is 23.2 Å². The Balaban J connectivity index is 3.50. The summed E-state index contributed by atoms with van der Waals surface area (Å²) in [5.74, 6) is -0.562. The minimum absolute atomic E-state index is 0.0265. The maximum absolute atomic E-state index is 13.3. The van der Waals surface area contributed by atoms with E-state index in [1.165, 1.54) is 12.1 Å². The second kappa shape index (κ2) is 4.52. The fraction of sp³-hybridized carbons (Fsp3) is 0.167. The van der Waals surface area contributed by atoms with Gasteiger partial charge in [0, 0.05) is 11.6 Å². The molecule has 0 saturated carbocycles. The van der Waals surface area contributed by atoms with Crippen LogP contribution in [0.1, 0.15) is 25.0 Å². The van der Waals surface area contributed by atoms with Crippen LogP contribution >= 0.6 is 0 Å². The average molecular weight is 202 g/mol. The van der Waals surface area contributed by atoms with Crippen molar-refractivity contribution in [1.82, 2.24) is 0 Å². The second-order valence-corrected chi connectivity index (χ2v) is 3.09. The molecule has 0 atom stereocenters. The highest BCUT2D eigenvalue weighted by Gasteiger charge is 2.09. The monoisotopic (exact) mass is 202 g/mol. The molecular weight excluding hydrogens is 191 g/mol. The first-order valence-corrected chi connectivity index (χ1v) is 4.47. The van der Waals surface area contributed by atoms with Crippen molar-refractivity contribution in [2.45, 2.75) is 13.8 Å². The molecule has 3 heteroatoms. The fourth-order valence-electron chi connectivity index (χ4n) is 1.25. The molecular formula is C12H11FN2. The predicted octanol–water partition coefficient (Wildman–Crippen LogP) is 3.45. The quantitative estimate of drug-likeness (QED) is 0.676. The van der Waals surface area contributed by atoms with Gasteiger partial charge in [0.2, 0.25) is 0 Å². The van der Waals surface area contributed by atoms with E-state index >= 15 is 0 Å². The molecule has 0 radical (unpaired) electrons. The van der Waals surface area contributed by atoms with Crippen molar-refractivity contribution in [2.75, 3.05) is 0 Å². The van der Waals surface area contributed by atoms with Crippen LogP contribution in [0.25, 0.3) is 5.57 Å². The Morgan fingerprint density at radius 2 is 2.27 bits per heavy atom. The van der Waals surface area contributed by atoms with E-state index in [9.17, 15) is 4.39 Å². The van der Waals surface area contributed by atoms with Gasteiger partial charge in [-0.1, -0.05) is 6.08 Å². The van der Waals surface area contributed by atoms with Crippen molar-refractivity contribution < 1.29 is 4.39 Å². The van der Waals surface area contributed by atoms with E-state index in [2.05, 4.69) is 11.7 Å². The molecule has 0 unspecified atom stereocenters. The van der Waals surface area contributed by atoms with Crippen molar-refractivity contribution >= 4 is 18.0 Å². The topological polar surface area (TPSA) is 36.1 Å². The molecule has 0 N–H and O–H groups in total. The molecule has 0 aliphatic rings. The zero-order chi connectivity index (χ0) is 11.4. The van der Waals surface area contributed by atoms with Gasteiger partial charge in [0.15, 0.2) is 0 Å². The average Bonchev–Trinajstić information content (AvgIpc) is 2.27. The zero-order valence-electron chi connectivity index (χ0n) is 8.71. The lowest BCUT2D eigenvalue weighted by Crippen LogP contribution is -1.88. The van der Waals surface area contributed by atoms with Gasteiger partial charge in [-0.25, -0.2) is 4.39 Å². The van der Waals surface area contributed by atoms with Crippen LogP contribution in [-0.2, 0) is 0 Å². The number of nitriles is 1. The van der Waals surface area contributed by atoms with Gasteiger partial charge >= 0.3 is 0 Å². The number of benzene rings is 1. The first-order chi connectivity index (χ1) is 7.13. The molecule has 76 valence electrons. The van der Waals surface area contributed by atoms with E-state index in [4.69, 9.17) is 5.26 Å². The van der Waals surface area contributed by atoms with Crippen LogP contribution in [0.5, 0.6) is 0 Å². The van der Waals surface area contributed by atoms with Gasteiger partial charge in [-0.2, -0.15) is 5.26 Å². The molecule has 1 rings (SSSR count). The number of rotatable bonds is 2. The third kappa shape index (κ3) is 2.10. The molecule has 0 heterocycles. The molecule has 0 spiro atoms. The van der Waals surface area contributed by atoms with Crippen molar-refractivity contribution in [3.05, 3.63) is 35.2 Å². The molecule has 0 aliphatic heterocycles. The number of hydrogen-bond donors (Lipinski definition) is 0. The van der Waals surface area contributed by atoms with E-state index in [0.29, 0.717) is 5.69 Å². The highest BCUT2D eigenvalue weighted by Crippen LogP contribution is 2.28. The van der Waals surface area contributed by atoms with Gasteiger partial charge in [0.05, 0.1) is 11.3 Å². The maximum Gasteiger partial charge on any atom is 0.143 e. The molecule has 15 heavy (non-hydrogen) atoms. The fourth-order valence-corrected chi connectivity index (χ4v) is 1.25. The second-order valence-electron chi connectivity index (χ2n) is 3.09. The summed E-state index contributed by atoms with van der Waals surface area (Å²) in [4.78, 5) is 3.74. The summed E-state index contributed by atoms with van der Waals surface area (Å²) in [6.45, 7) is 7.13. The Kier molecular flexibility index (Phi) is 3.35. The van der Waals surface area contributed by atoms with Crippen LogP contribution in [0.3, 0.4) is 0 Å². The van der Waals surface area contributed by atoms with Crippen LogP contribution < -0.4 is 0 Å². The zero-order valence-corrected chi connectivity index (χ0v) is 8.71. The van der Waals surface area contributed by atoms with Crippen LogP contribution in [0.2, 0.25) is 0 Å². The molecule has 0 aromatic heterocycles. The van der Waals surface area contributed by atoms with E-state index in [1.54, 1.807) is 6.07 Å². The van der Waals surface area contributed by atoms with E-state index in [1.807, 2.05) is 19.9 Å². The standard InChI is InChI=1S/C12H11FN2/c1-4-8(2)10-5-9(7-14)11(13)6-12(10)15-3/h4-6H,3H2,1-2H3/b8-4-. The summed E-state index contributed by atoms with van der Waals surface area (Å²) < 4.78 is 13.3. The Bertz CT molecular complexity index is 467. The number of nitrogens with zero attached hydrogens (tertiary/aromatic N) is 2. The van der Waals surface area contributed by atoms with Crippen molar-refractivity contribution in [3.63, 3.8) is 0 Å².